The molecule has 1 aromatic carbocycles. The van der Waals surface area contributed by atoms with Crippen molar-refractivity contribution in [2.75, 3.05) is 31.5 Å². The second-order valence-corrected chi connectivity index (χ2v) is 6.61. The summed E-state index contributed by atoms with van der Waals surface area (Å²) in [6.45, 7) is 7.34. The van der Waals surface area contributed by atoms with Gasteiger partial charge >= 0.3 is 5.69 Å². The number of aryl methyl sites for hydroxylation is 1. The largest absolute Gasteiger partial charge is 0.351 e. The summed E-state index contributed by atoms with van der Waals surface area (Å²) in [5.41, 5.74) is -0.420. The van der Waals surface area contributed by atoms with Gasteiger partial charge in [-0.2, -0.15) is 0 Å². The Morgan fingerprint density at radius 2 is 1.62 bits per heavy atom. The third kappa shape index (κ3) is 5.41. The summed E-state index contributed by atoms with van der Waals surface area (Å²) < 4.78 is 2.04. The van der Waals surface area contributed by atoms with E-state index in [9.17, 15) is 19.2 Å². The highest BCUT2D eigenvalue weighted by molar-refractivity contribution is 6.04. The van der Waals surface area contributed by atoms with Crippen molar-refractivity contribution in [3.63, 3.8) is 0 Å². The number of hydrogen-bond donors (Lipinski definition) is 2. The maximum Gasteiger partial charge on any atom is 0.330 e. The van der Waals surface area contributed by atoms with Crippen molar-refractivity contribution in [1.82, 2.24) is 19.4 Å². The summed E-state index contributed by atoms with van der Waals surface area (Å²) in [6, 6.07) is 6.37. The molecule has 0 bridgehead atoms. The molecule has 156 valence electrons. The molecule has 0 spiro atoms. The van der Waals surface area contributed by atoms with E-state index in [4.69, 9.17) is 0 Å². The first-order valence-corrected chi connectivity index (χ1v) is 9.47. The van der Waals surface area contributed by atoms with Gasteiger partial charge in [-0.1, -0.05) is 13.8 Å². The highest BCUT2D eigenvalue weighted by atomic mass is 16.2. The molecule has 0 aliphatic carbocycles. The van der Waals surface area contributed by atoms with Crippen LogP contribution in [0.3, 0.4) is 0 Å². The lowest BCUT2D eigenvalue weighted by Gasteiger charge is -2.18. The molecular formula is C20H27N5O4. The SMILES string of the molecule is CCN(CC)CCNC(=O)c1ccc(NC(=O)c2cn(C)c(=O)n(C)c2=O)cc1. The van der Waals surface area contributed by atoms with E-state index in [-0.39, 0.29) is 11.5 Å². The van der Waals surface area contributed by atoms with Crippen LogP contribution in [0.1, 0.15) is 34.6 Å². The molecule has 0 unspecified atom stereocenters. The summed E-state index contributed by atoms with van der Waals surface area (Å²) in [5.74, 6) is -0.820. The minimum atomic E-state index is -0.671. The smallest absolute Gasteiger partial charge is 0.330 e. The van der Waals surface area contributed by atoms with E-state index >= 15 is 0 Å². The monoisotopic (exact) mass is 401 g/mol. The van der Waals surface area contributed by atoms with Crippen LogP contribution in [-0.4, -0.2) is 52.0 Å². The quantitative estimate of drug-likeness (QED) is 0.667. The number of rotatable bonds is 8. The Labute approximate surface area is 169 Å². The molecule has 2 N–H and O–H groups in total. The molecule has 0 fully saturated rings. The fourth-order valence-corrected chi connectivity index (χ4v) is 2.84. The van der Waals surface area contributed by atoms with Crippen LogP contribution >= 0.6 is 0 Å². The summed E-state index contributed by atoms with van der Waals surface area (Å²) in [4.78, 5) is 50.7. The number of carbonyl (C=O) groups is 2. The lowest BCUT2D eigenvalue weighted by Crippen LogP contribution is -2.40. The predicted octanol–water partition coefficient (Wildman–Crippen LogP) is 0.408. The highest BCUT2D eigenvalue weighted by Gasteiger charge is 2.15. The Balaban J connectivity index is 2.02. The molecule has 0 saturated heterocycles. The van der Waals surface area contributed by atoms with Gasteiger partial charge in [-0.3, -0.25) is 19.0 Å². The zero-order chi connectivity index (χ0) is 21.6. The average molecular weight is 401 g/mol. The van der Waals surface area contributed by atoms with Gasteiger partial charge in [0.05, 0.1) is 0 Å². The molecule has 0 aliphatic rings. The minimum Gasteiger partial charge on any atom is -0.351 e. The van der Waals surface area contributed by atoms with Gasteiger partial charge in [-0.25, -0.2) is 4.79 Å². The molecule has 0 radical (unpaired) electrons. The normalized spacial score (nSPS) is 10.8. The van der Waals surface area contributed by atoms with Crippen LogP contribution in [0.15, 0.2) is 40.1 Å². The molecule has 9 heteroatoms. The molecule has 0 atom stereocenters. The van der Waals surface area contributed by atoms with Crippen LogP contribution in [0.5, 0.6) is 0 Å². The number of aromatic nitrogens is 2. The molecule has 0 saturated carbocycles. The van der Waals surface area contributed by atoms with Crippen molar-refractivity contribution in [2.45, 2.75) is 13.8 Å². The van der Waals surface area contributed by atoms with E-state index in [2.05, 4.69) is 29.4 Å². The Morgan fingerprint density at radius 3 is 2.21 bits per heavy atom. The van der Waals surface area contributed by atoms with Crippen LogP contribution in [0, 0.1) is 0 Å². The zero-order valence-electron chi connectivity index (χ0n) is 17.2. The van der Waals surface area contributed by atoms with Crippen LogP contribution in [-0.2, 0) is 14.1 Å². The van der Waals surface area contributed by atoms with Gasteiger partial charge in [0, 0.05) is 44.6 Å². The van der Waals surface area contributed by atoms with Gasteiger partial charge in [0.15, 0.2) is 0 Å². The number of likely N-dealkylation sites (N-methyl/N-ethyl adjacent to an activating group) is 1. The Kier molecular flexibility index (Phi) is 7.49. The van der Waals surface area contributed by atoms with E-state index in [0.29, 0.717) is 17.8 Å². The first-order valence-electron chi connectivity index (χ1n) is 9.47. The molecule has 0 aliphatic heterocycles. The lowest BCUT2D eigenvalue weighted by molar-refractivity contribution is 0.0948. The zero-order valence-corrected chi connectivity index (χ0v) is 17.2. The van der Waals surface area contributed by atoms with Crippen LogP contribution < -0.4 is 21.9 Å². The van der Waals surface area contributed by atoms with Crippen molar-refractivity contribution in [1.29, 1.82) is 0 Å². The maximum absolute atomic E-state index is 12.4. The average Bonchev–Trinajstić information content (AvgIpc) is 2.72. The molecule has 1 aromatic heterocycles. The number of hydrogen-bond acceptors (Lipinski definition) is 5. The van der Waals surface area contributed by atoms with E-state index in [1.54, 1.807) is 24.3 Å². The summed E-state index contributed by atoms with van der Waals surface area (Å²) in [6.07, 6.45) is 1.21. The van der Waals surface area contributed by atoms with E-state index < -0.39 is 17.2 Å². The molecular weight excluding hydrogens is 374 g/mol. The lowest BCUT2D eigenvalue weighted by atomic mass is 10.2. The van der Waals surface area contributed by atoms with Gasteiger partial charge in [0.1, 0.15) is 5.56 Å². The second-order valence-electron chi connectivity index (χ2n) is 6.61. The van der Waals surface area contributed by atoms with Crippen molar-refractivity contribution in [3.8, 4) is 0 Å². The van der Waals surface area contributed by atoms with Gasteiger partial charge in [-0.15, -0.1) is 0 Å². The standard InChI is InChI=1S/C20H27N5O4/c1-5-25(6-2)12-11-21-17(26)14-7-9-15(10-8-14)22-18(27)16-13-23(3)20(29)24(4)19(16)28/h7-10,13H,5-6,11-12H2,1-4H3,(H,21,26)(H,22,27). The minimum absolute atomic E-state index is 0.146. The fourth-order valence-electron chi connectivity index (χ4n) is 2.84. The summed E-state index contributed by atoms with van der Waals surface area (Å²) >= 11 is 0. The fraction of sp³-hybridized carbons (Fsp3) is 0.400. The molecule has 1 heterocycles. The van der Waals surface area contributed by atoms with Crippen molar-refractivity contribution in [2.24, 2.45) is 14.1 Å². The van der Waals surface area contributed by atoms with Crippen molar-refractivity contribution < 1.29 is 9.59 Å². The van der Waals surface area contributed by atoms with Gasteiger partial charge in [0.25, 0.3) is 17.4 Å². The van der Waals surface area contributed by atoms with Crippen molar-refractivity contribution >= 4 is 17.5 Å². The first-order chi connectivity index (χ1) is 13.8. The topological polar surface area (TPSA) is 105 Å². The molecule has 9 nitrogen and oxygen atoms in total. The number of nitrogens with one attached hydrogen (secondary N) is 2. The van der Waals surface area contributed by atoms with Gasteiger partial charge in [-0.05, 0) is 37.4 Å². The van der Waals surface area contributed by atoms with E-state index in [1.165, 1.54) is 24.9 Å². The van der Waals surface area contributed by atoms with E-state index in [1.807, 2.05) is 0 Å². The summed E-state index contributed by atoms with van der Waals surface area (Å²) in [5, 5.41) is 5.47. The van der Waals surface area contributed by atoms with Crippen LogP contribution in [0.4, 0.5) is 5.69 Å². The Morgan fingerprint density at radius 1 is 1.00 bits per heavy atom. The number of amides is 2. The number of benzene rings is 1. The van der Waals surface area contributed by atoms with Gasteiger partial charge in [0.2, 0.25) is 0 Å². The Hall–Kier alpha value is -3.20. The molecule has 2 aromatic rings. The third-order valence-electron chi connectivity index (χ3n) is 4.70. The van der Waals surface area contributed by atoms with Crippen molar-refractivity contribution in [3.05, 3.63) is 62.4 Å². The second kappa shape index (κ2) is 9.83. The molecule has 2 rings (SSSR count). The van der Waals surface area contributed by atoms with Crippen LogP contribution in [0.2, 0.25) is 0 Å². The van der Waals surface area contributed by atoms with E-state index in [0.717, 1.165) is 24.2 Å². The first kappa shape index (κ1) is 22.1. The Bertz CT molecular complexity index is 987. The molecule has 2 amide bonds. The highest BCUT2D eigenvalue weighted by Crippen LogP contribution is 2.10. The molecule has 29 heavy (non-hydrogen) atoms. The van der Waals surface area contributed by atoms with Crippen LogP contribution in [0.25, 0.3) is 0 Å². The van der Waals surface area contributed by atoms with Gasteiger partial charge < -0.3 is 20.1 Å². The number of nitrogens with zero attached hydrogens (tertiary/aromatic N) is 3. The number of anilines is 1. The number of carbonyl (C=O) groups excluding carboxylic acids is 2. The summed E-state index contributed by atoms with van der Waals surface area (Å²) in [7, 11) is 2.78. The predicted molar refractivity (Wildman–Crippen MR) is 111 cm³/mol. The maximum atomic E-state index is 12.4. The third-order valence-corrected chi connectivity index (χ3v) is 4.70.